The van der Waals surface area contributed by atoms with Crippen molar-refractivity contribution < 1.29 is 33.3 Å². The van der Waals surface area contributed by atoms with Gasteiger partial charge in [-0.05, 0) is 42.9 Å². The third-order valence-electron chi connectivity index (χ3n) is 8.91. The summed E-state index contributed by atoms with van der Waals surface area (Å²) in [6, 6.07) is 4.83. The van der Waals surface area contributed by atoms with Crippen LogP contribution >= 0.6 is 0 Å². The summed E-state index contributed by atoms with van der Waals surface area (Å²) in [5.74, 6) is -0.933. The molecule has 3 aliphatic heterocycles. The van der Waals surface area contributed by atoms with E-state index >= 15 is 0 Å². The lowest BCUT2D eigenvalue weighted by atomic mass is 9.90. The fourth-order valence-corrected chi connectivity index (χ4v) is 8.47. The minimum Gasteiger partial charge on any atom is -0.496 e. The van der Waals surface area contributed by atoms with E-state index in [0.717, 1.165) is 5.56 Å². The Kier molecular flexibility index (Phi) is 8.21. The van der Waals surface area contributed by atoms with Gasteiger partial charge in [-0.1, -0.05) is 59.8 Å². The first-order chi connectivity index (χ1) is 18.5. The molecule has 3 heterocycles. The number of esters is 1. The normalized spacial score (nSPS) is 27.1. The van der Waals surface area contributed by atoms with Gasteiger partial charge in [0, 0.05) is 12.8 Å². The van der Waals surface area contributed by atoms with Crippen molar-refractivity contribution >= 4 is 26.0 Å². The lowest BCUT2D eigenvalue weighted by Gasteiger charge is -2.56. The number of nitrogens with one attached hydrogen (secondary N) is 1. The van der Waals surface area contributed by atoms with E-state index in [1.54, 1.807) is 19.9 Å². The van der Waals surface area contributed by atoms with Gasteiger partial charge in [0.1, 0.15) is 23.5 Å². The molecule has 222 valence electrons. The number of carbonyl (C=O) groups is 3. The Hall–Kier alpha value is -2.43. The number of hydrogen-bond donors (Lipinski definition) is 1. The predicted molar refractivity (Wildman–Crippen MR) is 154 cm³/mol. The molecule has 2 fully saturated rings. The van der Waals surface area contributed by atoms with Gasteiger partial charge >= 0.3 is 5.97 Å². The molecule has 4 rings (SSSR count). The fourth-order valence-electron chi connectivity index (χ4n) is 5.97. The molecule has 0 aromatic heterocycles. The van der Waals surface area contributed by atoms with E-state index in [1.807, 2.05) is 16.7 Å². The number of ether oxygens (including phenoxy) is 4. The Balaban J connectivity index is 1.57. The first kappa shape index (κ1) is 30.5. The van der Waals surface area contributed by atoms with Crippen molar-refractivity contribution in [1.82, 2.24) is 9.88 Å². The highest BCUT2D eigenvalue weighted by molar-refractivity contribution is 6.80. The number of β-lactam (4-membered cyclic amide) rings is 1. The van der Waals surface area contributed by atoms with Gasteiger partial charge in [0.2, 0.25) is 5.91 Å². The zero-order valence-corrected chi connectivity index (χ0v) is 26.6. The van der Waals surface area contributed by atoms with Gasteiger partial charge in [-0.25, -0.2) is 4.79 Å². The van der Waals surface area contributed by atoms with E-state index in [0.29, 0.717) is 30.6 Å². The van der Waals surface area contributed by atoms with E-state index < -0.39 is 44.3 Å². The van der Waals surface area contributed by atoms with Crippen LogP contribution in [0.2, 0.25) is 18.1 Å². The highest BCUT2D eigenvalue weighted by Crippen LogP contribution is 2.46. The molecular formula is C30H46N2O7Si. The molecule has 1 aromatic carbocycles. The highest BCUT2D eigenvalue weighted by Gasteiger charge is 2.59. The van der Waals surface area contributed by atoms with Crippen molar-refractivity contribution in [2.45, 2.75) is 122 Å². The monoisotopic (exact) mass is 574 g/mol. The topological polar surface area (TPSA) is 103 Å². The molecule has 0 bridgehead atoms. The quantitative estimate of drug-likeness (QED) is 0.278. The minimum absolute atomic E-state index is 0.0553. The number of carbonyl (C=O) groups excluding carboxylic acids is 3. The summed E-state index contributed by atoms with van der Waals surface area (Å²) in [4.78, 5) is 39.9. The molecule has 1 N–H and O–H groups in total. The van der Waals surface area contributed by atoms with Crippen molar-refractivity contribution in [2.24, 2.45) is 5.92 Å². The highest BCUT2D eigenvalue weighted by atomic mass is 28.3. The van der Waals surface area contributed by atoms with E-state index in [2.05, 4.69) is 53.0 Å². The molecule has 0 saturated carbocycles. The summed E-state index contributed by atoms with van der Waals surface area (Å²) in [5, 5.41) is 3.11. The first-order valence-corrected chi connectivity index (χ1v) is 17.3. The van der Waals surface area contributed by atoms with E-state index in [1.165, 1.54) is 7.11 Å². The number of fused-ring (bicyclic) bond motifs is 1. The Labute approximate surface area is 239 Å². The van der Waals surface area contributed by atoms with Crippen LogP contribution in [0.1, 0.15) is 77.2 Å². The molecule has 10 heteroatoms. The van der Waals surface area contributed by atoms with E-state index in [-0.39, 0.29) is 28.8 Å². The van der Waals surface area contributed by atoms with Crippen molar-refractivity contribution in [3.05, 3.63) is 29.3 Å². The van der Waals surface area contributed by atoms with Crippen molar-refractivity contribution in [2.75, 3.05) is 7.11 Å². The Morgan fingerprint density at radius 3 is 2.42 bits per heavy atom. The second-order valence-electron chi connectivity index (χ2n) is 13.8. The smallest absolute Gasteiger partial charge is 0.342 e. The summed E-state index contributed by atoms with van der Waals surface area (Å²) in [5.41, 5.74) is 1.27. The maximum atomic E-state index is 13.9. The molecule has 2 saturated heterocycles. The van der Waals surface area contributed by atoms with Crippen LogP contribution in [0.25, 0.3) is 0 Å². The molecule has 2 amide bonds. The largest absolute Gasteiger partial charge is 0.496 e. The van der Waals surface area contributed by atoms with Gasteiger partial charge < -0.3 is 28.8 Å². The second-order valence-corrected chi connectivity index (χ2v) is 18.9. The Morgan fingerprint density at radius 2 is 1.85 bits per heavy atom. The third kappa shape index (κ3) is 5.67. The van der Waals surface area contributed by atoms with Gasteiger partial charge in [0.15, 0.2) is 20.1 Å². The van der Waals surface area contributed by atoms with Gasteiger partial charge in [0.05, 0.1) is 19.2 Å². The lowest BCUT2D eigenvalue weighted by molar-refractivity contribution is -0.164. The maximum absolute atomic E-state index is 13.9. The minimum atomic E-state index is -2.21. The number of rotatable bonds is 8. The Morgan fingerprint density at radius 1 is 1.18 bits per heavy atom. The van der Waals surface area contributed by atoms with Gasteiger partial charge in [-0.3, -0.25) is 9.59 Å². The third-order valence-corrected chi connectivity index (χ3v) is 14.4. The van der Waals surface area contributed by atoms with Crippen LogP contribution in [0.4, 0.5) is 0 Å². The molecule has 40 heavy (non-hydrogen) atoms. The van der Waals surface area contributed by atoms with E-state index in [4.69, 9.17) is 18.9 Å². The first-order valence-electron chi connectivity index (χ1n) is 14.3. The summed E-state index contributed by atoms with van der Waals surface area (Å²) in [7, 11) is -0.679. The van der Waals surface area contributed by atoms with Crippen LogP contribution in [0.15, 0.2) is 18.2 Å². The van der Waals surface area contributed by atoms with E-state index in [9.17, 15) is 14.4 Å². The van der Waals surface area contributed by atoms with Crippen LogP contribution in [0.3, 0.4) is 0 Å². The molecule has 3 aliphatic rings. The molecule has 0 unspecified atom stereocenters. The zero-order chi connectivity index (χ0) is 29.8. The number of benzene rings is 1. The van der Waals surface area contributed by atoms with Crippen LogP contribution in [0, 0.1) is 5.92 Å². The summed E-state index contributed by atoms with van der Waals surface area (Å²) in [6.45, 7) is 18.6. The molecular weight excluding hydrogens is 528 g/mol. The van der Waals surface area contributed by atoms with Crippen molar-refractivity contribution in [1.29, 1.82) is 0 Å². The van der Waals surface area contributed by atoms with Crippen LogP contribution in [-0.4, -0.2) is 73.9 Å². The molecule has 0 aliphatic carbocycles. The molecule has 1 aromatic rings. The second kappa shape index (κ2) is 10.8. The van der Waals surface area contributed by atoms with Crippen LogP contribution in [-0.2, 0) is 30.2 Å². The van der Waals surface area contributed by atoms with Crippen LogP contribution < -0.4 is 10.1 Å². The van der Waals surface area contributed by atoms with Gasteiger partial charge in [-0.15, -0.1) is 0 Å². The number of cyclic esters (lactones) is 1. The number of methoxy groups -OCH3 is 1. The molecule has 0 radical (unpaired) electrons. The molecule has 9 nitrogen and oxygen atoms in total. The molecule has 0 spiro atoms. The van der Waals surface area contributed by atoms with Crippen molar-refractivity contribution in [3.63, 3.8) is 0 Å². The average Bonchev–Trinajstić information content (AvgIpc) is 3.14. The standard InChI is InChI=1S/C30H46N2O7Si/c1-17(2)14-19(22-15-18-12-11-13-21(36-8)24(18)28(35)37-22)31-27(34)26-25(38-30(6,7)39-26)20-16-23(33)32(20)40(9,10)29(3,4)5/h11-13,17,19-20,22,25-26H,14-16H2,1-10H3,(H,31,34)/t19-,20-,22-,25-,26-/m0/s1. The summed E-state index contributed by atoms with van der Waals surface area (Å²) >= 11 is 0. The number of hydrogen-bond acceptors (Lipinski definition) is 7. The SMILES string of the molecule is COc1cccc2c1C(=O)O[C@H]([C@H](CC(C)C)NC(=O)[C@H]1OC(C)(C)O[C@H]1[C@@H]1CC(=O)N1[Si](C)(C)C(C)(C)C)C2. The zero-order valence-electron chi connectivity index (χ0n) is 25.6. The number of nitrogens with zero attached hydrogens (tertiary/aromatic N) is 1. The predicted octanol–water partition coefficient (Wildman–Crippen LogP) is 4.43. The van der Waals surface area contributed by atoms with Crippen LogP contribution in [0.5, 0.6) is 5.75 Å². The summed E-state index contributed by atoms with van der Waals surface area (Å²) in [6.07, 6.45) is -0.635. The Bertz CT molecular complexity index is 1160. The maximum Gasteiger partial charge on any atom is 0.342 e. The number of amides is 2. The average molecular weight is 575 g/mol. The molecule has 5 atom stereocenters. The lowest BCUT2D eigenvalue weighted by Crippen LogP contribution is -2.72. The fraction of sp³-hybridized carbons (Fsp3) is 0.700. The summed E-state index contributed by atoms with van der Waals surface area (Å²) < 4.78 is 25.8. The van der Waals surface area contributed by atoms with Gasteiger partial charge in [0.25, 0.3) is 5.91 Å². The van der Waals surface area contributed by atoms with Gasteiger partial charge in [-0.2, -0.15) is 0 Å². The van der Waals surface area contributed by atoms with Crippen molar-refractivity contribution in [3.8, 4) is 5.75 Å².